The van der Waals surface area contributed by atoms with Crippen molar-refractivity contribution in [2.45, 2.75) is 44.9 Å². The van der Waals surface area contributed by atoms with Crippen LogP contribution in [0.3, 0.4) is 0 Å². The molecule has 0 atom stereocenters. The van der Waals surface area contributed by atoms with Gasteiger partial charge in [-0.25, -0.2) is 0 Å². The number of nitrogens with one attached hydrogen (secondary N) is 1. The molecule has 6 aromatic carbocycles. The molecule has 0 bridgehead atoms. The summed E-state index contributed by atoms with van der Waals surface area (Å²) >= 11 is 0. The standard InChI is InChI=1S/C43H35NO/c1-25(2)27-16-19-30-31-20-17-28(26(3)4)23-38(31)43(37(30)22-27)35-12-7-5-11-33(35)42-36(43)13-9-14-39(42)44-29-18-21-41-34(24-29)32-10-6-8-15-40(32)45-41/h5-26,44H,1-4H3. The average Bonchev–Trinajstić information content (AvgIpc) is 3.68. The van der Waals surface area contributed by atoms with Crippen molar-refractivity contribution in [3.05, 3.63) is 155 Å². The number of anilines is 2. The van der Waals surface area contributed by atoms with Gasteiger partial charge in [-0.1, -0.05) is 119 Å². The molecular formula is C43H35NO. The molecule has 0 saturated carbocycles. The van der Waals surface area contributed by atoms with E-state index < -0.39 is 0 Å². The summed E-state index contributed by atoms with van der Waals surface area (Å²) in [5, 5.41) is 6.13. The summed E-state index contributed by atoms with van der Waals surface area (Å²) < 4.78 is 6.13. The van der Waals surface area contributed by atoms with Crippen molar-refractivity contribution in [3.63, 3.8) is 0 Å². The quantitative estimate of drug-likeness (QED) is 0.224. The molecule has 0 unspecified atom stereocenters. The first-order valence-electron chi connectivity index (χ1n) is 16.2. The maximum atomic E-state index is 6.13. The van der Waals surface area contributed by atoms with Crippen LogP contribution in [0.15, 0.2) is 126 Å². The maximum Gasteiger partial charge on any atom is 0.135 e. The summed E-state index contributed by atoms with van der Waals surface area (Å²) in [4.78, 5) is 0. The Labute approximate surface area is 264 Å². The first kappa shape index (κ1) is 26.3. The lowest BCUT2D eigenvalue weighted by molar-refractivity contribution is 0.669. The van der Waals surface area contributed by atoms with E-state index in [0.29, 0.717) is 11.8 Å². The number of para-hydroxylation sites is 1. The number of hydrogen-bond donors (Lipinski definition) is 1. The molecule has 1 heterocycles. The third-order valence-electron chi connectivity index (χ3n) is 10.2. The number of fused-ring (bicyclic) bond motifs is 13. The fraction of sp³-hybridized carbons (Fsp3) is 0.163. The van der Waals surface area contributed by atoms with E-state index in [2.05, 4.69) is 142 Å². The normalized spacial score (nSPS) is 13.9. The fourth-order valence-corrected chi connectivity index (χ4v) is 8.05. The zero-order chi connectivity index (χ0) is 30.4. The zero-order valence-corrected chi connectivity index (χ0v) is 26.1. The van der Waals surface area contributed by atoms with E-state index in [1.165, 1.54) is 55.6 Å². The summed E-state index contributed by atoms with van der Waals surface area (Å²) in [6.45, 7) is 9.19. The van der Waals surface area contributed by atoms with Gasteiger partial charge < -0.3 is 9.73 Å². The van der Waals surface area contributed by atoms with Crippen LogP contribution in [-0.4, -0.2) is 0 Å². The van der Waals surface area contributed by atoms with Crippen LogP contribution in [0, 0.1) is 0 Å². The molecule has 2 aliphatic carbocycles. The fourth-order valence-electron chi connectivity index (χ4n) is 8.05. The lowest BCUT2D eigenvalue weighted by Gasteiger charge is -2.31. The van der Waals surface area contributed by atoms with Gasteiger partial charge in [0, 0.05) is 27.7 Å². The highest BCUT2D eigenvalue weighted by atomic mass is 16.3. The zero-order valence-electron chi connectivity index (χ0n) is 26.1. The van der Waals surface area contributed by atoms with Crippen LogP contribution in [0.4, 0.5) is 11.4 Å². The van der Waals surface area contributed by atoms with Gasteiger partial charge in [0.15, 0.2) is 0 Å². The van der Waals surface area contributed by atoms with Gasteiger partial charge in [0.05, 0.1) is 5.41 Å². The van der Waals surface area contributed by atoms with E-state index in [0.717, 1.165) is 33.3 Å². The molecule has 7 aromatic rings. The molecule has 2 aliphatic rings. The van der Waals surface area contributed by atoms with E-state index in [4.69, 9.17) is 4.42 Å². The molecule has 0 fully saturated rings. The predicted molar refractivity (Wildman–Crippen MR) is 188 cm³/mol. The van der Waals surface area contributed by atoms with E-state index in [1.807, 2.05) is 12.1 Å². The van der Waals surface area contributed by atoms with Gasteiger partial charge in [0.2, 0.25) is 0 Å². The van der Waals surface area contributed by atoms with Crippen molar-refractivity contribution in [2.24, 2.45) is 0 Å². The van der Waals surface area contributed by atoms with Gasteiger partial charge in [0.25, 0.3) is 0 Å². The van der Waals surface area contributed by atoms with Crippen LogP contribution < -0.4 is 5.32 Å². The van der Waals surface area contributed by atoms with Gasteiger partial charge >= 0.3 is 0 Å². The molecule has 0 radical (unpaired) electrons. The molecule has 1 spiro atoms. The van der Waals surface area contributed by atoms with Crippen LogP contribution >= 0.6 is 0 Å². The summed E-state index contributed by atoms with van der Waals surface area (Å²) in [5.41, 5.74) is 17.2. The van der Waals surface area contributed by atoms with E-state index in [-0.39, 0.29) is 5.41 Å². The van der Waals surface area contributed by atoms with Crippen molar-refractivity contribution >= 4 is 33.3 Å². The van der Waals surface area contributed by atoms with Crippen LogP contribution in [0.1, 0.15) is 72.9 Å². The smallest absolute Gasteiger partial charge is 0.135 e. The van der Waals surface area contributed by atoms with Gasteiger partial charge in [-0.05, 0) is 92.2 Å². The third-order valence-corrected chi connectivity index (χ3v) is 10.2. The molecule has 2 nitrogen and oxygen atoms in total. The van der Waals surface area contributed by atoms with E-state index in [9.17, 15) is 0 Å². The Morgan fingerprint density at radius 3 is 1.89 bits per heavy atom. The SMILES string of the molecule is CC(C)c1ccc2c(c1)C1(c3cc(C(C)C)ccc3-2)c2ccccc2-c2c(Nc3ccc4oc5ccccc5c4c3)cccc21. The minimum atomic E-state index is -0.380. The Hall–Kier alpha value is -5.08. The average molecular weight is 582 g/mol. The summed E-state index contributed by atoms with van der Waals surface area (Å²) in [7, 11) is 0. The van der Waals surface area contributed by atoms with Gasteiger partial charge in [-0.3, -0.25) is 0 Å². The molecule has 0 amide bonds. The Bertz CT molecular complexity index is 2260. The second-order valence-electron chi connectivity index (χ2n) is 13.4. The molecular weight excluding hydrogens is 546 g/mol. The first-order chi connectivity index (χ1) is 21.9. The lowest BCUT2D eigenvalue weighted by Crippen LogP contribution is -2.26. The third kappa shape index (κ3) is 3.57. The number of furan rings is 1. The van der Waals surface area contributed by atoms with Gasteiger partial charge in [0.1, 0.15) is 11.2 Å². The predicted octanol–water partition coefficient (Wildman–Crippen LogP) is 11.9. The highest BCUT2D eigenvalue weighted by molar-refractivity contribution is 6.06. The van der Waals surface area contributed by atoms with Crippen LogP contribution in [-0.2, 0) is 5.41 Å². The van der Waals surface area contributed by atoms with Crippen molar-refractivity contribution in [2.75, 3.05) is 5.32 Å². The van der Waals surface area contributed by atoms with Crippen molar-refractivity contribution < 1.29 is 4.42 Å². The number of rotatable bonds is 4. The second-order valence-corrected chi connectivity index (χ2v) is 13.4. The van der Waals surface area contributed by atoms with Crippen molar-refractivity contribution in [1.29, 1.82) is 0 Å². The van der Waals surface area contributed by atoms with E-state index >= 15 is 0 Å². The van der Waals surface area contributed by atoms with Crippen LogP contribution in [0.5, 0.6) is 0 Å². The minimum absolute atomic E-state index is 0.380. The lowest BCUT2D eigenvalue weighted by atomic mass is 9.69. The Balaban J connectivity index is 1.31. The maximum absolute atomic E-state index is 6.13. The van der Waals surface area contributed by atoms with Crippen molar-refractivity contribution in [3.8, 4) is 22.3 Å². The highest BCUT2D eigenvalue weighted by Gasteiger charge is 2.52. The molecule has 0 saturated heterocycles. The second kappa shape index (κ2) is 9.46. The van der Waals surface area contributed by atoms with Crippen molar-refractivity contribution in [1.82, 2.24) is 0 Å². The van der Waals surface area contributed by atoms with E-state index in [1.54, 1.807) is 0 Å². The largest absolute Gasteiger partial charge is 0.456 e. The molecule has 1 aromatic heterocycles. The molecule has 2 heteroatoms. The molecule has 0 aliphatic heterocycles. The Morgan fingerprint density at radius 1 is 0.511 bits per heavy atom. The Morgan fingerprint density at radius 2 is 1.16 bits per heavy atom. The summed E-state index contributed by atoms with van der Waals surface area (Å²) in [5.74, 6) is 0.889. The molecule has 1 N–H and O–H groups in total. The number of benzene rings is 6. The van der Waals surface area contributed by atoms with Crippen LogP contribution in [0.25, 0.3) is 44.2 Å². The summed E-state index contributed by atoms with van der Waals surface area (Å²) in [6, 6.07) is 45.0. The highest BCUT2D eigenvalue weighted by Crippen LogP contribution is 2.64. The van der Waals surface area contributed by atoms with Crippen LogP contribution in [0.2, 0.25) is 0 Å². The summed E-state index contributed by atoms with van der Waals surface area (Å²) in [6.07, 6.45) is 0. The number of hydrogen-bond acceptors (Lipinski definition) is 2. The van der Waals surface area contributed by atoms with Gasteiger partial charge in [-0.2, -0.15) is 0 Å². The Kier molecular flexibility index (Phi) is 5.54. The molecule has 9 rings (SSSR count). The minimum Gasteiger partial charge on any atom is -0.456 e. The van der Waals surface area contributed by atoms with Gasteiger partial charge in [-0.15, -0.1) is 0 Å². The topological polar surface area (TPSA) is 25.2 Å². The monoisotopic (exact) mass is 581 g/mol. The molecule has 218 valence electrons. The molecule has 45 heavy (non-hydrogen) atoms. The first-order valence-corrected chi connectivity index (χ1v) is 16.2.